The van der Waals surface area contributed by atoms with E-state index in [2.05, 4.69) is 19.7 Å². The number of para-hydroxylation sites is 1. The molecule has 8 heteroatoms. The predicted molar refractivity (Wildman–Crippen MR) is 101 cm³/mol. The Kier molecular flexibility index (Phi) is 5.00. The lowest BCUT2D eigenvalue weighted by Gasteiger charge is -2.28. The summed E-state index contributed by atoms with van der Waals surface area (Å²) in [7, 11) is -3.64. The van der Waals surface area contributed by atoms with Gasteiger partial charge in [-0.05, 0) is 43.9 Å². The number of rotatable bonds is 5. The predicted octanol–water partition coefficient (Wildman–Crippen LogP) is 2.69. The number of pyridine rings is 1. The molecule has 0 amide bonds. The van der Waals surface area contributed by atoms with Gasteiger partial charge < -0.3 is 4.74 Å². The molecule has 0 unspecified atom stereocenters. The number of fused-ring (bicyclic) bond motifs is 1. The monoisotopic (exact) mass is 384 g/mol. The van der Waals surface area contributed by atoms with Gasteiger partial charge in [-0.3, -0.25) is 4.98 Å². The number of benzene rings is 1. The van der Waals surface area contributed by atoms with Crippen LogP contribution in [0.1, 0.15) is 25.7 Å². The third kappa shape index (κ3) is 4.06. The molecular weight excluding hydrogens is 364 g/mol. The Morgan fingerprint density at radius 2 is 1.59 bits per heavy atom. The maximum absolute atomic E-state index is 12.9. The number of nitrogens with one attached hydrogen (secondary N) is 1. The normalized spacial score (nSPS) is 20.4. The first kappa shape index (κ1) is 17.8. The van der Waals surface area contributed by atoms with Crippen LogP contribution < -0.4 is 9.46 Å². The second kappa shape index (κ2) is 7.58. The van der Waals surface area contributed by atoms with Gasteiger partial charge in [-0.1, -0.05) is 18.2 Å². The number of hydrogen-bond donors (Lipinski definition) is 1. The first-order valence-electron chi connectivity index (χ1n) is 8.91. The summed E-state index contributed by atoms with van der Waals surface area (Å²) < 4.78 is 34.4. The number of hydrogen-bond acceptors (Lipinski definition) is 6. The van der Waals surface area contributed by atoms with Gasteiger partial charge in [0.15, 0.2) is 0 Å². The van der Waals surface area contributed by atoms with Crippen LogP contribution in [0, 0.1) is 0 Å². The SMILES string of the molecule is O=S(=O)(NC1CCC(Oc2ncccn2)CC1)c1cccc2cccnc12. The van der Waals surface area contributed by atoms with Crippen LogP contribution in [0.3, 0.4) is 0 Å². The Bertz CT molecular complexity index is 1010. The second-order valence-corrected chi connectivity index (χ2v) is 8.26. The van der Waals surface area contributed by atoms with Crippen LogP contribution in [0.4, 0.5) is 0 Å². The van der Waals surface area contributed by atoms with E-state index in [1.54, 1.807) is 42.9 Å². The van der Waals surface area contributed by atoms with Crippen molar-refractivity contribution in [3.63, 3.8) is 0 Å². The molecule has 2 aromatic heterocycles. The van der Waals surface area contributed by atoms with Gasteiger partial charge in [0, 0.05) is 30.0 Å². The largest absolute Gasteiger partial charge is 0.460 e. The van der Waals surface area contributed by atoms with E-state index in [9.17, 15) is 8.42 Å². The molecule has 1 aliphatic carbocycles. The lowest BCUT2D eigenvalue weighted by Crippen LogP contribution is -2.39. The van der Waals surface area contributed by atoms with Gasteiger partial charge in [0.1, 0.15) is 11.0 Å². The van der Waals surface area contributed by atoms with Crippen molar-refractivity contribution in [3.8, 4) is 6.01 Å². The van der Waals surface area contributed by atoms with E-state index in [4.69, 9.17) is 4.74 Å². The summed E-state index contributed by atoms with van der Waals surface area (Å²) in [4.78, 5) is 12.6. The summed E-state index contributed by atoms with van der Waals surface area (Å²) in [5, 5.41) is 0.806. The van der Waals surface area contributed by atoms with Crippen molar-refractivity contribution in [3.05, 3.63) is 55.0 Å². The minimum atomic E-state index is -3.64. The Hall–Kier alpha value is -2.58. The van der Waals surface area contributed by atoms with Gasteiger partial charge in [-0.2, -0.15) is 0 Å². The Labute approximate surface area is 157 Å². The van der Waals surface area contributed by atoms with Crippen molar-refractivity contribution in [2.45, 2.75) is 42.7 Å². The lowest BCUT2D eigenvalue weighted by atomic mass is 9.94. The van der Waals surface area contributed by atoms with Crippen molar-refractivity contribution in [1.29, 1.82) is 0 Å². The molecule has 1 fully saturated rings. The maximum Gasteiger partial charge on any atom is 0.316 e. The minimum Gasteiger partial charge on any atom is -0.460 e. The molecule has 3 aromatic rings. The molecular formula is C19H20N4O3S. The van der Waals surface area contributed by atoms with Crippen molar-refractivity contribution >= 4 is 20.9 Å². The molecule has 1 saturated carbocycles. The van der Waals surface area contributed by atoms with E-state index in [-0.39, 0.29) is 17.0 Å². The van der Waals surface area contributed by atoms with Gasteiger partial charge in [0.25, 0.3) is 0 Å². The lowest BCUT2D eigenvalue weighted by molar-refractivity contribution is 0.132. The fourth-order valence-corrected chi connectivity index (χ4v) is 4.85. The van der Waals surface area contributed by atoms with E-state index in [1.165, 1.54) is 0 Å². The molecule has 0 radical (unpaired) electrons. The highest BCUT2D eigenvalue weighted by molar-refractivity contribution is 7.89. The first-order chi connectivity index (χ1) is 13.1. The van der Waals surface area contributed by atoms with Gasteiger partial charge in [-0.25, -0.2) is 23.1 Å². The average molecular weight is 384 g/mol. The molecule has 0 bridgehead atoms. The minimum absolute atomic E-state index is 0.00683. The molecule has 2 heterocycles. The van der Waals surface area contributed by atoms with Crippen LogP contribution in [0.25, 0.3) is 10.9 Å². The van der Waals surface area contributed by atoms with Crippen LogP contribution in [-0.4, -0.2) is 35.5 Å². The highest BCUT2D eigenvalue weighted by Crippen LogP contribution is 2.25. The van der Waals surface area contributed by atoms with Gasteiger partial charge in [0.2, 0.25) is 10.0 Å². The third-order valence-corrected chi connectivity index (χ3v) is 6.25. The molecule has 27 heavy (non-hydrogen) atoms. The summed E-state index contributed by atoms with van der Waals surface area (Å²) in [6.45, 7) is 0. The summed E-state index contributed by atoms with van der Waals surface area (Å²) in [5.74, 6) is 0. The molecule has 1 aromatic carbocycles. The maximum atomic E-state index is 12.9. The third-order valence-electron chi connectivity index (χ3n) is 4.70. The summed E-state index contributed by atoms with van der Waals surface area (Å²) in [6.07, 6.45) is 7.80. The smallest absolute Gasteiger partial charge is 0.316 e. The summed E-state index contributed by atoms with van der Waals surface area (Å²) >= 11 is 0. The zero-order valence-corrected chi connectivity index (χ0v) is 15.5. The van der Waals surface area contributed by atoms with E-state index in [1.807, 2.05) is 12.1 Å². The van der Waals surface area contributed by atoms with Crippen molar-refractivity contribution in [2.24, 2.45) is 0 Å². The highest BCUT2D eigenvalue weighted by atomic mass is 32.2. The molecule has 0 saturated heterocycles. The summed E-state index contributed by atoms with van der Waals surface area (Å²) in [6, 6.07) is 10.8. The molecule has 140 valence electrons. The van der Waals surface area contributed by atoms with Crippen LogP contribution >= 0.6 is 0 Å². The molecule has 7 nitrogen and oxygen atoms in total. The number of nitrogens with zero attached hydrogens (tertiary/aromatic N) is 3. The molecule has 1 aliphatic rings. The Morgan fingerprint density at radius 3 is 2.37 bits per heavy atom. The zero-order valence-electron chi connectivity index (χ0n) is 14.7. The standard InChI is InChI=1S/C19H20N4O3S/c24-27(25,17-6-1-4-14-5-2-11-20-18(14)17)23-15-7-9-16(10-8-15)26-19-21-12-3-13-22-19/h1-6,11-13,15-16,23H,7-10H2. The zero-order chi connectivity index (χ0) is 18.7. The van der Waals surface area contributed by atoms with Crippen molar-refractivity contribution < 1.29 is 13.2 Å². The van der Waals surface area contributed by atoms with E-state index >= 15 is 0 Å². The van der Waals surface area contributed by atoms with Crippen molar-refractivity contribution in [1.82, 2.24) is 19.7 Å². The molecule has 0 spiro atoms. The number of ether oxygens (including phenoxy) is 1. The highest BCUT2D eigenvalue weighted by Gasteiger charge is 2.28. The Morgan fingerprint density at radius 1 is 0.889 bits per heavy atom. The second-order valence-electron chi connectivity index (χ2n) is 6.58. The number of sulfonamides is 1. The number of aromatic nitrogens is 3. The van der Waals surface area contributed by atoms with Crippen LogP contribution in [0.2, 0.25) is 0 Å². The van der Waals surface area contributed by atoms with Gasteiger partial charge in [-0.15, -0.1) is 0 Å². The Balaban J connectivity index is 1.42. The fraction of sp³-hybridized carbons (Fsp3) is 0.316. The first-order valence-corrected chi connectivity index (χ1v) is 10.4. The van der Waals surface area contributed by atoms with Crippen LogP contribution in [0.15, 0.2) is 59.9 Å². The van der Waals surface area contributed by atoms with E-state index in [0.717, 1.165) is 18.2 Å². The molecule has 0 aliphatic heterocycles. The van der Waals surface area contributed by atoms with Crippen LogP contribution in [0.5, 0.6) is 6.01 Å². The fourth-order valence-electron chi connectivity index (χ4n) is 3.37. The molecule has 1 N–H and O–H groups in total. The van der Waals surface area contributed by atoms with E-state index in [0.29, 0.717) is 24.4 Å². The van der Waals surface area contributed by atoms with Gasteiger partial charge >= 0.3 is 6.01 Å². The summed E-state index contributed by atoms with van der Waals surface area (Å²) in [5.41, 5.74) is 0.491. The average Bonchev–Trinajstić information content (AvgIpc) is 2.70. The van der Waals surface area contributed by atoms with Crippen molar-refractivity contribution in [2.75, 3.05) is 0 Å². The van der Waals surface area contributed by atoms with Gasteiger partial charge in [0.05, 0.1) is 5.52 Å². The topological polar surface area (TPSA) is 94.1 Å². The van der Waals surface area contributed by atoms with E-state index < -0.39 is 10.0 Å². The molecule has 4 rings (SSSR count). The quantitative estimate of drug-likeness (QED) is 0.727. The van der Waals surface area contributed by atoms with Crippen LogP contribution in [-0.2, 0) is 10.0 Å². The molecule has 0 atom stereocenters.